The molecule has 0 unspecified atom stereocenters. The standard InChI is InChI=1S/C15H14F3N3O2S/c1-10(20-24)13-19-7-12(14(22)21(13)9-15(16,17)18)23-8-11-5-3-2-4-6-11/h2-7,24H,8-9H2,1H3/b20-10+. The number of alkyl halides is 3. The van der Waals surface area contributed by atoms with Crippen LogP contribution in [-0.2, 0) is 13.2 Å². The summed E-state index contributed by atoms with van der Waals surface area (Å²) >= 11 is 3.65. The first-order valence-electron chi connectivity index (χ1n) is 6.84. The van der Waals surface area contributed by atoms with E-state index >= 15 is 0 Å². The maximum atomic E-state index is 12.8. The third kappa shape index (κ3) is 4.60. The fraction of sp³-hybridized carbons (Fsp3) is 0.267. The molecule has 1 aromatic carbocycles. The molecule has 5 nitrogen and oxygen atoms in total. The van der Waals surface area contributed by atoms with Gasteiger partial charge < -0.3 is 4.74 Å². The molecule has 0 aliphatic carbocycles. The van der Waals surface area contributed by atoms with Crippen LogP contribution < -0.4 is 10.3 Å². The second-order valence-corrected chi connectivity index (χ2v) is 5.11. The first-order valence-corrected chi connectivity index (χ1v) is 7.24. The van der Waals surface area contributed by atoms with Crippen LogP contribution in [0.25, 0.3) is 0 Å². The molecule has 2 rings (SSSR count). The predicted octanol–water partition coefficient (Wildman–Crippen LogP) is 3.04. The lowest BCUT2D eigenvalue weighted by atomic mass is 10.2. The molecular weight excluding hydrogens is 343 g/mol. The molecule has 9 heteroatoms. The minimum absolute atomic E-state index is 0.0444. The number of halogens is 3. The quantitative estimate of drug-likeness (QED) is 0.661. The number of benzene rings is 1. The van der Waals surface area contributed by atoms with Crippen LogP contribution in [0.5, 0.6) is 5.75 Å². The number of hydrogen-bond acceptors (Lipinski definition) is 5. The molecule has 0 spiro atoms. The first-order chi connectivity index (χ1) is 11.3. The normalized spacial score (nSPS) is 12.3. The number of rotatable bonds is 5. The summed E-state index contributed by atoms with van der Waals surface area (Å²) in [7, 11) is 0. The minimum atomic E-state index is -4.59. The van der Waals surface area contributed by atoms with E-state index in [0.717, 1.165) is 11.8 Å². The van der Waals surface area contributed by atoms with E-state index in [4.69, 9.17) is 4.74 Å². The average Bonchev–Trinajstić information content (AvgIpc) is 2.54. The zero-order valence-electron chi connectivity index (χ0n) is 12.6. The van der Waals surface area contributed by atoms with Gasteiger partial charge in [-0.1, -0.05) is 30.3 Å². The fourth-order valence-corrected chi connectivity index (χ4v) is 2.06. The smallest absolute Gasteiger partial charge is 0.406 e. The van der Waals surface area contributed by atoms with Crippen LogP contribution >= 0.6 is 12.8 Å². The molecule has 0 aliphatic rings. The lowest BCUT2D eigenvalue weighted by molar-refractivity contribution is -0.141. The Balaban J connectivity index is 2.37. The topological polar surface area (TPSA) is 56.5 Å². The van der Waals surface area contributed by atoms with Crippen molar-refractivity contribution < 1.29 is 17.9 Å². The Bertz CT molecular complexity index is 789. The van der Waals surface area contributed by atoms with Gasteiger partial charge in [0.1, 0.15) is 13.2 Å². The molecule has 128 valence electrons. The lowest BCUT2D eigenvalue weighted by Crippen LogP contribution is -2.33. The number of hydrogen-bond donors (Lipinski definition) is 1. The van der Waals surface area contributed by atoms with E-state index < -0.39 is 18.3 Å². The highest BCUT2D eigenvalue weighted by Crippen LogP contribution is 2.18. The molecule has 24 heavy (non-hydrogen) atoms. The lowest BCUT2D eigenvalue weighted by Gasteiger charge is -2.15. The molecule has 0 fully saturated rings. The van der Waals surface area contributed by atoms with Gasteiger partial charge in [0.15, 0.2) is 5.82 Å². The van der Waals surface area contributed by atoms with E-state index in [1.54, 1.807) is 24.3 Å². The molecule has 0 amide bonds. The van der Waals surface area contributed by atoms with Gasteiger partial charge in [-0.25, -0.2) is 9.38 Å². The van der Waals surface area contributed by atoms with Crippen molar-refractivity contribution in [1.29, 1.82) is 0 Å². The molecular formula is C15H14F3N3O2S. The van der Waals surface area contributed by atoms with Gasteiger partial charge in [-0.2, -0.15) is 13.2 Å². The SMILES string of the molecule is C/C(=N\S)c1ncc(OCc2ccccc2)c(=O)n1CC(F)(F)F. The van der Waals surface area contributed by atoms with Crippen molar-refractivity contribution in [2.45, 2.75) is 26.3 Å². The molecule has 0 N–H and O–H groups in total. The number of thiol groups is 1. The Morgan fingerprint density at radius 3 is 2.58 bits per heavy atom. The van der Waals surface area contributed by atoms with Crippen LogP contribution in [0.4, 0.5) is 13.2 Å². The van der Waals surface area contributed by atoms with Crippen LogP contribution in [-0.4, -0.2) is 21.4 Å². The van der Waals surface area contributed by atoms with Gasteiger partial charge in [-0.05, 0) is 25.3 Å². The van der Waals surface area contributed by atoms with Crippen LogP contribution in [0.2, 0.25) is 0 Å². The summed E-state index contributed by atoms with van der Waals surface area (Å²) in [5.74, 6) is -0.474. The maximum absolute atomic E-state index is 12.8. The predicted molar refractivity (Wildman–Crippen MR) is 86.5 cm³/mol. The molecule has 0 bridgehead atoms. The molecule has 0 radical (unpaired) electrons. The highest BCUT2D eigenvalue weighted by Gasteiger charge is 2.31. The number of nitrogens with zero attached hydrogens (tertiary/aromatic N) is 3. The molecule has 0 atom stereocenters. The highest BCUT2D eigenvalue weighted by molar-refractivity contribution is 7.79. The van der Waals surface area contributed by atoms with Crippen LogP contribution in [0.3, 0.4) is 0 Å². The number of aromatic nitrogens is 2. The molecule has 0 saturated carbocycles. The highest BCUT2D eigenvalue weighted by atomic mass is 32.1. The Kier molecular flexibility index (Phi) is 5.66. The van der Waals surface area contributed by atoms with E-state index in [2.05, 4.69) is 22.2 Å². The van der Waals surface area contributed by atoms with E-state index in [0.29, 0.717) is 4.57 Å². The first kappa shape index (κ1) is 18.1. The maximum Gasteiger partial charge on any atom is 0.406 e. The summed E-state index contributed by atoms with van der Waals surface area (Å²) in [6, 6.07) is 8.93. The third-order valence-electron chi connectivity index (χ3n) is 3.06. The van der Waals surface area contributed by atoms with Gasteiger partial charge in [-0.3, -0.25) is 9.36 Å². The van der Waals surface area contributed by atoms with E-state index in [1.165, 1.54) is 6.92 Å². The van der Waals surface area contributed by atoms with Crippen LogP contribution in [0.1, 0.15) is 18.3 Å². The van der Waals surface area contributed by atoms with Gasteiger partial charge >= 0.3 is 6.18 Å². The van der Waals surface area contributed by atoms with Crippen molar-refractivity contribution >= 4 is 18.5 Å². The van der Waals surface area contributed by atoms with Gasteiger partial charge in [0.05, 0.1) is 11.9 Å². The van der Waals surface area contributed by atoms with Gasteiger partial charge in [-0.15, -0.1) is 0 Å². The number of ether oxygens (including phenoxy) is 1. The summed E-state index contributed by atoms with van der Waals surface area (Å²) in [5, 5.41) is 0. The van der Waals surface area contributed by atoms with E-state index in [9.17, 15) is 18.0 Å². The molecule has 1 aromatic heterocycles. The average molecular weight is 357 g/mol. The Labute approximate surface area is 141 Å². The zero-order chi connectivity index (χ0) is 17.7. The Morgan fingerprint density at radius 1 is 1.33 bits per heavy atom. The Hall–Kier alpha value is -2.29. The third-order valence-corrected chi connectivity index (χ3v) is 3.36. The minimum Gasteiger partial charge on any atom is -0.482 e. The molecule has 1 heterocycles. The summed E-state index contributed by atoms with van der Waals surface area (Å²) in [6.45, 7) is -0.0355. The summed E-state index contributed by atoms with van der Waals surface area (Å²) < 4.78 is 47.6. The van der Waals surface area contributed by atoms with E-state index in [1.807, 2.05) is 6.07 Å². The molecule has 2 aromatic rings. The van der Waals surface area contributed by atoms with Gasteiger partial charge in [0, 0.05) is 0 Å². The van der Waals surface area contributed by atoms with Crippen molar-refractivity contribution in [3.05, 3.63) is 58.3 Å². The van der Waals surface area contributed by atoms with E-state index in [-0.39, 0.29) is 23.9 Å². The van der Waals surface area contributed by atoms with Crippen LogP contribution in [0, 0.1) is 0 Å². The molecule has 0 aliphatic heterocycles. The molecule has 0 saturated heterocycles. The van der Waals surface area contributed by atoms with Crippen molar-refractivity contribution in [3.63, 3.8) is 0 Å². The second-order valence-electron chi connectivity index (χ2n) is 4.91. The van der Waals surface area contributed by atoms with Crippen molar-refractivity contribution in [1.82, 2.24) is 9.55 Å². The second kappa shape index (κ2) is 7.52. The summed E-state index contributed by atoms with van der Waals surface area (Å²) in [6.07, 6.45) is -3.49. The fourth-order valence-electron chi connectivity index (χ4n) is 1.97. The van der Waals surface area contributed by atoms with Crippen molar-refractivity contribution in [2.24, 2.45) is 4.40 Å². The Morgan fingerprint density at radius 2 is 2.00 bits per heavy atom. The van der Waals surface area contributed by atoms with Gasteiger partial charge in [0.2, 0.25) is 5.75 Å². The van der Waals surface area contributed by atoms with Crippen LogP contribution in [0.15, 0.2) is 45.7 Å². The van der Waals surface area contributed by atoms with Crippen molar-refractivity contribution in [3.8, 4) is 5.75 Å². The van der Waals surface area contributed by atoms with Gasteiger partial charge in [0.25, 0.3) is 5.56 Å². The summed E-state index contributed by atoms with van der Waals surface area (Å²) in [5.41, 5.74) is -0.0599. The monoisotopic (exact) mass is 357 g/mol. The summed E-state index contributed by atoms with van der Waals surface area (Å²) in [4.78, 5) is 16.2. The largest absolute Gasteiger partial charge is 0.482 e. The van der Waals surface area contributed by atoms with Crippen molar-refractivity contribution in [2.75, 3.05) is 0 Å². The zero-order valence-corrected chi connectivity index (χ0v) is 13.5.